The molecule has 8 heteroatoms. The summed E-state index contributed by atoms with van der Waals surface area (Å²) in [6.45, 7) is 7.79. The van der Waals surface area contributed by atoms with Gasteiger partial charge in [0.1, 0.15) is 20.4 Å². The molecule has 0 aliphatic heterocycles. The Morgan fingerprint density at radius 1 is 0.722 bits per heavy atom. The number of rotatable bonds is 13. The van der Waals surface area contributed by atoms with E-state index in [1.165, 1.54) is 0 Å². The number of alkyl halides is 1. The molecule has 0 N–H and O–H groups in total. The van der Waals surface area contributed by atoms with E-state index in [1.807, 2.05) is 20.8 Å². The second-order valence-corrected chi connectivity index (χ2v) is 7.26. The summed E-state index contributed by atoms with van der Waals surface area (Å²) in [4.78, 5) is 0.452. The molecule has 6 nitrogen and oxygen atoms in total. The highest BCUT2D eigenvalue weighted by atomic mass is 79.9. The average Bonchev–Trinajstić information content (AvgIpc) is 2.39. The zero-order valence-electron chi connectivity index (χ0n) is 11.3. The molecule has 0 rings (SSSR count). The molecule has 110 valence electrons. The lowest BCUT2D eigenvalue weighted by Crippen LogP contribution is -2.49. The van der Waals surface area contributed by atoms with E-state index in [9.17, 15) is 0 Å². The normalized spacial score (nSPS) is 12.0. The van der Waals surface area contributed by atoms with Crippen molar-refractivity contribution < 1.29 is 27.5 Å². The maximum atomic E-state index is 5.58. The number of halogens is 1. The van der Waals surface area contributed by atoms with Crippen molar-refractivity contribution in [2.45, 2.75) is 20.8 Å². The highest BCUT2D eigenvalue weighted by Gasteiger charge is 2.41. The highest BCUT2D eigenvalue weighted by molar-refractivity contribution is 9.09. The summed E-state index contributed by atoms with van der Waals surface area (Å²) in [7, 11) is -2.84. The molecule has 0 saturated heterocycles. The van der Waals surface area contributed by atoms with Gasteiger partial charge in [-0.2, -0.15) is 0 Å². The quantitative estimate of drug-likeness (QED) is 0.220. The highest BCUT2D eigenvalue weighted by Crippen LogP contribution is 2.13. The van der Waals surface area contributed by atoms with Crippen LogP contribution in [0.2, 0.25) is 0 Å². The third-order valence-electron chi connectivity index (χ3n) is 1.86. The molecule has 0 aliphatic carbocycles. The standard InChI is InChI=1S/C10H23BrO6Si/c1-4-12-8-15-18(7-11,16-9-13-5-2)17-10-14-6-3/h4-10H2,1-3H3. The van der Waals surface area contributed by atoms with Crippen LogP contribution < -0.4 is 0 Å². The lowest BCUT2D eigenvalue weighted by atomic mass is 10.9. The maximum Gasteiger partial charge on any atom is 0.517 e. The van der Waals surface area contributed by atoms with Crippen molar-refractivity contribution in [3.8, 4) is 0 Å². The van der Waals surface area contributed by atoms with Gasteiger partial charge in [0, 0.05) is 19.8 Å². The van der Waals surface area contributed by atoms with Crippen LogP contribution in [0.15, 0.2) is 0 Å². The molecule has 0 atom stereocenters. The first-order valence-electron chi connectivity index (χ1n) is 5.95. The van der Waals surface area contributed by atoms with E-state index in [-0.39, 0.29) is 20.4 Å². The van der Waals surface area contributed by atoms with Crippen LogP contribution in [0.5, 0.6) is 0 Å². The maximum absolute atomic E-state index is 5.58. The van der Waals surface area contributed by atoms with Crippen molar-refractivity contribution in [2.75, 3.05) is 45.2 Å². The van der Waals surface area contributed by atoms with Crippen LogP contribution in [0.4, 0.5) is 0 Å². The molecule has 0 heterocycles. The van der Waals surface area contributed by atoms with Crippen molar-refractivity contribution in [3.63, 3.8) is 0 Å². The minimum absolute atomic E-state index is 0.132. The molecule has 0 unspecified atom stereocenters. The van der Waals surface area contributed by atoms with Gasteiger partial charge >= 0.3 is 8.80 Å². The number of hydrogen-bond donors (Lipinski definition) is 0. The van der Waals surface area contributed by atoms with Crippen LogP contribution in [-0.2, 0) is 27.5 Å². The Labute approximate surface area is 118 Å². The first-order chi connectivity index (χ1) is 8.74. The largest absolute Gasteiger partial charge is 0.517 e. The predicted molar refractivity (Wildman–Crippen MR) is 72.3 cm³/mol. The topological polar surface area (TPSA) is 55.4 Å². The second kappa shape index (κ2) is 12.5. The van der Waals surface area contributed by atoms with Gasteiger partial charge in [-0.15, -0.1) is 0 Å². The molecule has 0 amide bonds. The van der Waals surface area contributed by atoms with Crippen LogP contribution in [0, 0.1) is 0 Å². The molecule has 0 spiro atoms. The fourth-order valence-corrected chi connectivity index (χ4v) is 3.61. The SMILES string of the molecule is CCOCO[Si](CBr)(OCOCC)OCOCC. The van der Waals surface area contributed by atoms with Gasteiger partial charge in [-0.05, 0) is 20.8 Å². The van der Waals surface area contributed by atoms with Gasteiger partial charge in [-0.3, -0.25) is 0 Å². The zero-order valence-corrected chi connectivity index (χ0v) is 13.9. The third kappa shape index (κ3) is 8.54. The molecule has 0 aliphatic rings. The number of hydrogen-bond acceptors (Lipinski definition) is 6. The smallest absolute Gasteiger partial charge is 0.357 e. The van der Waals surface area contributed by atoms with E-state index in [2.05, 4.69) is 15.9 Å². The van der Waals surface area contributed by atoms with Crippen molar-refractivity contribution in [1.82, 2.24) is 0 Å². The molecule has 0 radical (unpaired) electrons. The summed E-state index contributed by atoms with van der Waals surface area (Å²) in [5.74, 6) is 0. The van der Waals surface area contributed by atoms with Gasteiger partial charge in [-0.25, -0.2) is 0 Å². The Morgan fingerprint density at radius 2 is 1.06 bits per heavy atom. The van der Waals surface area contributed by atoms with Crippen LogP contribution in [-0.4, -0.2) is 54.0 Å². The van der Waals surface area contributed by atoms with Crippen LogP contribution in [0.1, 0.15) is 20.8 Å². The van der Waals surface area contributed by atoms with E-state index in [4.69, 9.17) is 27.5 Å². The van der Waals surface area contributed by atoms with Crippen molar-refractivity contribution >= 4 is 24.7 Å². The van der Waals surface area contributed by atoms with Crippen LogP contribution >= 0.6 is 15.9 Å². The van der Waals surface area contributed by atoms with Gasteiger partial charge in [-0.1, -0.05) is 15.9 Å². The Bertz CT molecular complexity index is 159. The fourth-order valence-electron chi connectivity index (χ4n) is 0.885. The Balaban J connectivity index is 4.20. The van der Waals surface area contributed by atoms with E-state index in [0.717, 1.165) is 0 Å². The lowest BCUT2D eigenvalue weighted by Gasteiger charge is -2.27. The van der Waals surface area contributed by atoms with E-state index < -0.39 is 8.80 Å². The summed E-state index contributed by atoms with van der Waals surface area (Å²) < 4.78 is 32.2. The predicted octanol–water partition coefficient (Wildman–Crippen LogP) is 1.89. The first-order valence-corrected chi connectivity index (χ1v) is 9.01. The van der Waals surface area contributed by atoms with Gasteiger partial charge < -0.3 is 27.5 Å². The van der Waals surface area contributed by atoms with Crippen molar-refractivity contribution in [2.24, 2.45) is 0 Å². The molecular formula is C10H23BrO6Si. The molecule has 18 heavy (non-hydrogen) atoms. The Kier molecular flexibility index (Phi) is 12.8. The average molecular weight is 347 g/mol. The summed E-state index contributed by atoms with van der Waals surface area (Å²) in [6.07, 6.45) is 0. The van der Waals surface area contributed by atoms with E-state index >= 15 is 0 Å². The van der Waals surface area contributed by atoms with Crippen LogP contribution in [0.25, 0.3) is 0 Å². The molecule has 0 aromatic carbocycles. The lowest BCUT2D eigenvalue weighted by molar-refractivity contribution is -0.0975. The monoisotopic (exact) mass is 346 g/mol. The second-order valence-electron chi connectivity index (χ2n) is 3.08. The van der Waals surface area contributed by atoms with Gasteiger partial charge in [0.2, 0.25) is 0 Å². The van der Waals surface area contributed by atoms with E-state index in [0.29, 0.717) is 24.8 Å². The minimum atomic E-state index is -2.84. The molecule has 0 aromatic rings. The van der Waals surface area contributed by atoms with Gasteiger partial charge in [0.25, 0.3) is 0 Å². The van der Waals surface area contributed by atoms with Gasteiger partial charge in [0.15, 0.2) is 0 Å². The number of ether oxygens (including phenoxy) is 3. The first kappa shape index (κ1) is 18.5. The Hall–Kier alpha value is 0.457. The minimum Gasteiger partial charge on any atom is -0.357 e. The summed E-state index contributed by atoms with van der Waals surface area (Å²) in [5, 5.41) is 0. The molecule has 0 bridgehead atoms. The fraction of sp³-hybridized carbons (Fsp3) is 1.00. The van der Waals surface area contributed by atoms with E-state index in [1.54, 1.807) is 0 Å². The molecule has 0 saturated carbocycles. The molecule has 0 aromatic heterocycles. The van der Waals surface area contributed by atoms with Gasteiger partial charge in [0.05, 0.1) is 4.95 Å². The Morgan fingerprint density at radius 3 is 1.28 bits per heavy atom. The summed E-state index contributed by atoms with van der Waals surface area (Å²) in [5.41, 5.74) is 0. The van der Waals surface area contributed by atoms with Crippen molar-refractivity contribution in [3.05, 3.63) is 0 Å². The van der Waals surface area contributed by atoms with Crippen molar-refractivity contribution in [1.29, 1.82) is 0 Å². The molecular weight excluding hydrogens is 324 g/mol. The third-order valence-corrected chi connectivity index (χ3v) is 5.92. The summed E-state index contributed by atoms with van der Waals surface area (Å²) >= 11 is 3.35. The molecule has 0 fully saturated rings. The summed E-state index contributed by atoms with van der Waals surface area (Å²) in [6, 6.07) is 0. The van der Waals surface area contributed by atoms with Crippen LogP contribution in [0.3, 0.4) is 0 Å². The zero-order chi connectivity index (χ0) is 13.7.